The summed E-state index contributed by atoms with van der Waals surface area (Å²) < 4.78 is 0. The number of aliphatic hydroxyl groups excluding tert-OH is 1. The lowest BCUT2D eigenvalue weighted by Gasteiger charge is -2.16. The van der Waals surface area contributed by atoms with Crippen LogP contribution in [0.3, 0.4) is 0 Å². The number of hydrogen-bond acceptors (Lipinski definition) is 5. The van der Waals surface area contributed by atoms with Crippen molar-refractivity contribution in [1.29, 1.82) is 0 Å². The molecule has 4 nitrogen and oxygen atoms in total. The number of aryl methyl sites for hydroxylation is 1. The van der Waals surface area contributed by atoms with Crippen LogP contribution in [-0.4, -0.2) is 16.0 Å². The summed E-state index contributed by atoms with van der Waals surface area (Å²) in [4.78, 5) is 13.7. The minimum absolute atomic E-state index is 0.00652. The lowest BCUT2D eigenvalue weighted by Crippen LogP contribution is -2.18. The van der Waals surface area contributed by atoms with E-state index in [1.807, 2.05) is 26.8 Å². The van der Waals surface area contributed by atoms with Crippen LogP contribution in [0.25, 0.3) is 5.70 Å². The number of carbonyl (C=O) groups is 1. The summed E-state index contributed by atoms with van der Waals surface area (Å²) in [6.45, 7) is 9.73. The Hall–Kier alpha value is -2.11. The van der Waals surface area contributed by atoms with Crippen molar-refractivity contribution < 1.29 is 15.0 Å². The largest absolute Gasteiger partial charge is 0.508 e. The second kappa shape index (κ2) is 8.32. The van der Waals surface area contributed by atoms with E-state index < -0.39 is 6.23 Å². The molecule has 0 saturated carbocycles. The number of carbonyl (C=O) groups excluding carboxylic acids is 1. The molecule has 0 fully saturated rings. The van der Waals surface area contributed by atoms with Crippen LogP contribution < -0.4 is 5.32 Å². The van der Waals surface area contributed by atoms with Gasteiger partial charge in [0.1, 0.15) is 11.5 Å². The molecule has 3 N–H and O–H groups in total. The second-order valence-corrected chi connectivity index (χ2v) is 7.43. The van der Waals surface area contributed by atoms with Gasteiger partial charge in [-0.05, 0) is 54.8 Å². The molecule has 5 heteroatoms. The average Bonchev–Trinajstić information content (AvgIpc) is 2.94. The van der Waals surface area contributed by atoms with Gasteiger partial charge in [0.2, 0.25) is 0 Å². The Morgan fingerprint density at radius 1 is 1.32 bits per heavy atom. The van der Waals surface area contributed by atoms with Gasteiger partial charge in [0.15, 0.2) is 6.23 Å². The Morgan fingerprint density at radius 2 is 1.96 bits per heavy atom. The summed E-state index contributed by atoms with van der Waals surface area (Å²) in [7, 11) is 0. The average molecular weight is 359 g/mol. The van der Waals surface area contributed by atoms with Gasteiger partial charge in [-0.15, -0.1) is 11.3 Å². The van der Waals surface area contributed by atoms with Crippen molar-refractivity contribution in [2.24, 2.45) is 5.92 Å². The maximum Gasteiger partial charge on any atom is 0.160 e. The highest BCUT2D eigenvalue weighted by molar-refractivity contribution is 7.12. The first kappa shape index (κ1) is 19.2. The predicted octanol–water partition coefficient (Wildman–Crippen LogP) is 4.17. The van der Waals surface area contributed by atoms with Crippen molar-refractivity contribution in [2.45, 2.75) is 39.8 Å². The predicted molar refractivity (Wildman–Crippen MR) is 102 cm³/mol. The normalized spacial score (nSPS) is 13.3. The van der Waals surface area contributed by atoms with Crippen molar-refractivity contribution in [2.75, 3.05) is 0 Å². The zero-order valence-electron chi connectivity index (χ0n) is 14.9. The molecule has 0 radical (unpaired) electrons. The Kier molecular flexibility index (Phi) is 6.39. The zero-order chi connectivity index (χ0) is 18.6. The molecule has 25 heavy (non-hydrogen) atoms. The molecule has 0 aliphatic carbocycles. The highest BCUT2D eigenvalue weighted by Crippen LogP contribution is 2.30. The Balaban J connectivity index is 2.06. The number of nitrogens with one attached hydrogen (secondary N) is 1. The van der Waals surface area contributed by atoms with Crippen molar-refractivity contribution in [3.63, 3.8) is 0 Å². The number of aliphatic hydroxyl groups is 1. The van der Waals surface area contributed by atoms with Gasteiger partial charge in [-0.1, -0.05) is 20.4 Å². The maximum absolute atomic E-state index is 11.8. The summed E-state index contributed by atoms with van der Waals surface area (Å²) in [6.07, 6.45) is 0.385. The van der Waals surface area contributed by atoms with Gasteiger partial charge >= 0.3 is 0 Å². The van der Waals surface area contributed by atoms with Gasteiger partial charge in [0.05, 0.1) is 4.88 Å². The summed E-state index contributed by atoms with van der Waals surface area (Å²) in [5, 5.41) is 22.9. The quantitative estimate of drug-likeness (QED) is 0.619. The Morgan fingerprint density at radius 3 is 2.56 bits per heavy atom. The monoisotopic (exact) mass is 359 g/mol. The summed E-state index contributed by atoms with van der Waals surface area (Å²) in [6, 6.07) is 8.67. The van der Waals surface area contributed by atoms with Crippen LogP contribution in [0.2, 0.25) is 0 Å². The SMILES string of the molecule is C=C(NC(O)c1sc(CC(C)C(=O)CC)cc1C)c1ccc(O)cc1. The molecule has 0 bridgehead atoms. The number of phenolic OH excluding ortho intramolecular Hbond substituents is 1. The molecule has 1 heterocycles. The first-order chi connectivity index (χ1) is 11.8. The number of ketones is 1. The third-order valence-electron chi connectivity index (χ3n) is 4.19. The van der Waals surface area contributed by atoms with E-state index in [0.29, 0.717) is 18.5 Å². The molecule has 0 aliphatic rings. The van der Waals surface area contributed by atoms with Gasteiger partial charge in [-0.3, -0.25) is 4.79 Å². The lowest BCUT2D eigenvalue weighted by atomic mass is 10.00. The fourth-order valence-electron chi connectivity index (χ4n) is 2.68. The Bertz CT molecular complexity index is 749. The maximum atomic E-state index is 11.8. The van der Waals surface area contributed by atoms with E-state index in [0.717, 1.165) is 20.9 Å². The van der Waals surface area contributed by atoms with Crippen LogP contribution in [0, 0.1) is 12.8 Å². The van der Waals surface area contributed by atoms with Crippen LogP contribution in [0.1, 0.15) is 47.4 Å². The third kappa shape index (κ3) is 4.94. The van der Waals surface area contributed by atoms with Crippen molar-refractivity contribution >= 4 is 22.8 Å². The van der Waals surface area contributed by atoms with Crippen LogP contribution in [0.15, 0.2) is 36.9 Å². The van der Waals surface area contributed by atoms with Crippen LogP contribution >= 0.6 is 11.3 Å². The lowest BCUT2D eigenvalue weighted by molar-refractivity contribution is -0.122. The van der Waals surface area contributed by atoms with Crippen molar-refractivity contribution in [3.05, 3.63) is 57.8 Å². The molecule has 0 spiro atoms. The van der Waals surface area contributed by atoms with Crippen LogP contribution in [0.4, 0.5) is 0 Å². The molecule has 2 atom stereocenters. The van der Waals surface area contributed by atoms with E-state index in [9.17, 15) is 15.0 Å². The fraction of sp³-hybridized carbons (Fsp3) is 0.350. The van der Waals surface area contributed by atoms with Crippen molar-refractivity contribution in [1.82, 2.24) is 5.32 Å². The number of hydrogen-bond donors (Lipinski definition) is 3. The van der Waals surface area contributed by atoms with Gasteiger partial charge in [-0.25, -0.2) is 0 Å². The molecule has 1 aromatic carbocycles. The molecular formula is C20H25NO3S. The number of aromatic hydroxyl groups is 1. The second-order valence-electron chi connectivity index (χ2n) is 6.26. The van der Waals surface area contributed by atoms with Gasteiger partial charge in [0.25, 0.3) is 0 Å². The third-order valence-corrected chi connectivity index (χ3v) is 5.50. The highest BCUT2D eigenvalue weighted by atomic mass is 32.1. The standard InChI is InChI=1S/C20H25NO3S/c1-5-18(23)12(2)10-17-11-13(3)19(25-17)20(24)21-14(4)15-6-8-16(22)9-7-15/h6-9,11-12,20-22,24H,4-5,10H2,1-3H3. The summed E-state index contributed by atoms with van der Waals surface area (Å²) in [5.74, 6) is 0.437. The van der Waals surface area contributed by atoms with Gasteiger partial charge in [-0.2, -0.15) is 0 Å². The van der Waals surface area contributed by atoms with Gasteiger partial charge < -0.3 is 15.5 Å². The topological polar surface area (TPSA) is 69.6 Å². The van der Waals surface area contributed by atoms with E-state index in [4.69, 9.17) is 0 Å². The van der Waals surface area contributed by atoms with E-state index in [1.54, 1.807) is 24.3 Å². The molecule has 2 rings (SSSR count). The van der Waals surface area contributed by atoms with E-state index in [1.165, 1.54) is 11.3 Å². The molecule has 0 aliphatic heterocycles. The molecule has 2 unspecified atom stereocenters. The molecule has 2 aromatic rings. The fourth-order valence-corrected chi connectivity index (χ4v) is 3.92. The number of thiophene rings is 1. The molecule has 134 valence electrons. The number of benzene rings is 1. The minimum atomic E-state index is -0.864. The number of phenols is 1. The molecular weight excluding hydrogens is 334 g/mol. The first-order valence-corrected chi connectivity index (χ1v) is 9.18. The van der Waals surface area contributed by atoms with Gasteiger partial charge in [0, 0.05) is 22.9 Å². The minimum Gasteiger partial charge on any atom is -0.508 e. The van der Waals surface area contributed by atoms with E-state index >= 15 is 0 Å². The molecule has 0 saturated heterocycles. The molecule has 1 aromatic heterocycles. The number of rotatable bonds is 8. The smallest absolute Gasteiger partial charge is 0.160 e. The Labute approximate surface area is 152 Å². The number of Topliss-reactive ketones (excluding diaryl/α,β-unsaturated/α-hetero) is 1. The van der Waals surface area contributed by atoms with E-state index in [2.05, 4.69) is 11.9 Å². The highest BCUT2D eigenvalue weighted by Gasteiger charge is 2.18. The first-order valence-electron chi connectivity index (χ1n) is 8.36. The summed E-state index contributed by atoms with van der Waals surface area (Å²) >= 11 is 1.52. The zero-order valence-corrected chi connectivity index (χ0v) is 15.7. The molecule has 0 amide bonds. The van der Waals surface area contributed by atoms with Crippen LogP contribution in [-0.2, 0) is 11.2 Å². The van der Waals surface area contributed by atoms with Crippen molar-refractivity contribution in [3.8, 4) is 5.75 Å². The summed E-state index contributed by atoms with van der Waals surface area (Å²) in [5.41, 5.74) is 2.37. The van der Waals surface area contributed by atoms with Crippen LogP contribution in [0.5, 0.6) is 5.75 Å². The van der Waals surface area contributed by atoms with E-state index in [-0.39, 0.29) is 17.5 Å².